The van der Waals surface area contributed by atoms with Crippen molar-refractivity contribution in [1.29, 1.82) is 0 Å². The Morgan fingerprint density at radius 2 is 1.88 bits per heavy atom. The number of carboxylic acids is 1. The molecule has 3 rings (SSSR count). The molecule has 2 saturated heterocycles. The van der Waals surface area contributed by atoms with E-state index in [0.717, 1.165) is 38.9 Å². The lowest BCUT2D eigenvalue weighted by Gasteiger charge is -2.39. The summed E-state index contributed by atoms with van der Waals surface area (Å²) in [7, 11) is 0. The van der Waals surface area contributed by atoms with Crippen LogP contribution in [0.2, 0.25) is 0 Å². The molecule has 0 aromatic heterocycles. The van der Waals surface area contributed by atoms with Crippen molar-refractivity contribution >= 4 is 11.9 Å². The molecule has 1 atom stereocenters. The summed E-state index contributed by atoms with van der Waals surface area (Å²) >= 11 is 0. The molecule has 1 aromatic rings. The molecule has 0 unspecified atom stereocenters. The zero-order valence-corrected chi connectivity index (χ0v) is 14.3. The predicted octanol–water partition coefficient (Wildman–Crippen LogP) is 2.02. The van der Waals surface area contributed by atoms with E-state index in [1.54, 1.807) is 4.90 Å². The van der Waals surface area contributed by atoms with Crippen molar-refractivity contribution in [2.45, 2.75) is 38.6 Å². The Balaban J connectivity index is 1.54. The third-order valence-corrected chi connectivity index (χ3v) is 5.67. The minimum Gasteiger partial charge on any atom is -0.480 e. The van der Waals surface area contributed by atoms with Crippen LogP contribution < -0.4 is 0 Å². The Kier molecular flexibility index (Phi) is 4.90. The van der Waals surface area contributed by atoms with Crippen molar-refractivity contribution in [1.82, 2.24) is 9.80 Å². The molecule has 5 heteroatoms. The Hall–Kier alpha value is -1.88. The van der Waals surface area contributed by atoms with E-state index < -0.39 is 12.0 Å². The van der Waals surface area contributed by atoms with Gasteiger partial charge in [0.25, 0.3) is 0 Å². The second-order valence-corrected chi connectivity index (χ2v) is 7.28. The second kappa shape index (κ2) is 6.93. The number of carbonyl (C=O) groups is 2. The van der Waals surface area contributed by atoms with Crippen molar-refractivity contribution in [3.05, 3.63) is 35.9 Å². The topological polar surface area (TPSA) is 60.9 Å². The maximum atomic E-state index is 11.8. The van der Waals surface area contributed by atoms with Crippen molar-refractivity contribution in [2.75, 3.05) is 26.2 Å². The Morgan fingerprint density at radius 1 is 1.21 bits per heavy atom. The monoisotopic (exact) mass is 330 g/mol. The summed E-state index contributed by atoms with van der Waals surface area (Å²) in [6.45, 7) is 5.10. The molecular weight excluding hydrogens is 304 g/mol. The first-order chi connectivity index (χ1) is 11.5. The first kappa shape index (κ1) is 17.0. The molecule has 0 bridgehead atoms. The summed E-state index contributed by atoms with van der Waals surface area (Å²) in [5, 5.41) is 9.40. The van der Waals surface area contributed by atoms with Gasteiger partial charge in [0.1, 0.15) is 6.04 Å². The number of carboxylic acid groups (broad SMARTS) is 1. The van der Waals surface area contributed by atoms with E-state index in [1.165, 1.54) is 12.5 Å². The Labute approximate surface area is 143 Å². The van der Waals surface area contributed by atoms with Crippen LogP contribution >= 0.6 is 0 Å². The normalized spacial score (nSPS) is 23.5. The van der Waals surface area contributed by atoms with Gasteiger partial charge in [-0.2, -0.15) is 0 Å². The van der Waals surface area contributed by atoms with Crippen LogP contribution in [0.25, 0.3) is 0 Å². The van der Waals surface area contributed by atoms with Crippen molar-refractivity contribution < 1.29 is 14.7 Å². The number of amides is 1. The highest BCUT2D eigenvalue weighted by Gasteiger charge is 2.48. The van der Waals surface area contributed by atoms with Crippen LogP contribution in [-0.4, -0.2) is 59.0 Å². The lowest BCUT2D eigenvalue weighted by molar-refractivity contribution is -0.147. The quantitative estimate of drug-likeness (QED) is 0.917. The minimum absolute atomic E-state index is 0.00201. The van der Waals surface area contributed by atoms with Crippen molar-refractivity contribution in [3.8, 4) is 0 Å². The van der Waals surface area contributed by atoms with Crippen LogP contribution in [0.4, 0.5) is 0 Å². The fourth-order valence-electron chi connectivity index (χ4n) is 4.15. The maximum Gasteiger partial charge on any atom is 0.326 e. The molecular formula is C19H26N2O3. The number of likely N-dealkylation sites (tertiary alicyclic amines) is 2. The molecule has 1 aromatic carbocycles. The fraction of sp³-hybridized carbons (Fsp3) is 0.579. The van der Waals surface area contributed by atoms with E-state index in [-0.39, 0.29) is 11.3 Å². The number of rotatable bonds is 4. The first-order valence-electron chi connectivity index (χ1n) is 8.75. The van der Waals surface area contributed by atoms with Gasteiger partial charge in [0.2, 0.25) is 5.91 Å². The molecule has 2 aliphatic rings. The summed E-state index contributed by atoms with van der Waals surface area (Å²) in [6.07, 6.45) is 3.62. The van der Waals surface area contributed by atoms with Gasteiger partial charge in [0.15, 0.2) is 0 Å². The van der Waals surface area contributed by atoms with E-state index in [0.29, 0.717) is 13.0 Å². The van der Waals surface area contributed by atoms with Crippen LogP contribution in [0.15, 0.2) is 30.3 Å². The van der Waals surface area contributed by atoms with E-state index >= 15 is 0 Å². The average molecular weight is 330 g/mol. The molecule has 130 valence electrons. The van der Waals surface area contributed by atoms with Crippen molar-refractivity contribution in [3.63, 3.8) is 0 Å². The van der Waals surface area contributed by atoms with Crippen LogP contribution in [0.1, 0.15) is 31.7 Å². The maximum absolute atomic E-state index is 11.8. The number of hydrogen-bond donors (Lipinski definition) is 1. The molecule has 1 spiro atoms. The summed E-state index contributed by atoms with van der Waals surface area (Å²) in [4.78, 5) is 27.2. The molecule has 0 aliphatic carbocycles. The van der Waals surface area contributed by atoms with Gasteiger partial charge in [-0.05, 0) is 49.8 Å². The van der Waals surface area contributed by atoms with Gasteiger partial charge in [-0.25, -0.2) is 4.79 Å². The number of carbonyl (C=O) groups excluding carboxylic acids is 1. The zero-order chi connectivity index (χ0) is 17.2. The minimum atomic E-state index is -0.867. The Morgan fingerprint density at radius 3 is 2.42 bits per heavy atom. The number of aliphatic carboxylic acids is 1. The Bertz CT molecular complexity index is 570. The van der Waals surface area contributed by atoms with Crippen LogP contribution in [0.3, 0.4) is 0 Å². The van der Waals surface area contributed by atoms with Crippen molar-refractivity contribution in [2.24, 2.45) is 5.41 Å². The highest BCUT2D eigenvalue weighted by Crippen LogP contribution is 2.43. The van der Waals surface area contributed by atoms with E-state index in [2.05, 4.69) is 29.2 Å². The summed E-state index contributed by atoms with van der Waals surface area (Å²) in [6, 6.07) is 9.85. The number of piperidine rings is 1. The summed E-state index contributed by atoms with van der Waals surface area (Å²) in [5.41, 5.74) is 1.35. The standard InChI is InChI=1S/C19H26N2O3/c1-15(22)21-14-19(13-17(21)18(23)24)8-11-20(12-9-19)10-7-16-5-3-2-4-6-16/h2-6,17H,7-14H2,1H3,(H,23,24)/t17-/m1/s1. The van der Waals surface area contributed by atoms with Crippen LogP contribution in [0, 0.1) is 5.41 Å². The van der Waals surface area contributed by atoms with E-state index in [9.17, 15) is 14.7 Å². The zero-order valence-electron chi connectivity index (χ0n) is 14.3. The SMILES string of the molecule is CC(=O)N1CC2(CCN(CCc3ccccc3)CC2)C[C@@H]1C(=O)O. The largest absolute Gasteiger partial charge is 0.480 e. The summed E-state index contributed by atoms with van der Waals surface area (Å²) in [5.74, 6) is -0.987. The molecule has 2 aliphatic heterocycles. The summed E-state index contributed by atoms with van der Waals surface area (Å²) < 4.78 is 0. The second-order valence-electron chi connectivity index (χ2n) is 7.28. The highest BCUT2D eigenvalue weighted by molar-refractivity contribution is 5.83. The van der Waals surface area contributed by atoms with Gasteiger partial charge in [0.05, 0.1) is 0 Å². The first-order valence-corrected chi connectivity index (χ1v) is 8.75. The highest BCUT2D eigenvalue weighted by atomic mass is 16.4. The van der Waals surface area contributed by atoms with Gasteiger partial charge in [-0.1, -0.05) is 30.3 Å². The number of hydrogen-bond acceptors (Lipinski definition) is 3. The number of benzene rings is 1. The van der Waals surface area contributed by atoms with Crippen LogP contribution in [-0.2, 0) is 16.0 Å². The molecule has 1 amide bonds. The third kappa shape index (κ3) is 3.61. The lowest BCUT2D eigenvalue weighted by atomic mass is 9.76. The molecule has 1 N–H and O–H groups in total. The van der Waals surface area contributed by atoms with E-state index in [1.807, 2.05) is 6.07 Å². The molecule has 2 fully saturated rings. The molecule has 5 nitrogen and oxygen atoms in total. The van der Waals surface area contributed by atoms with Gasteiger partial charge in [-0.15, -0.1) is 0 Å². The van der Waals surface area contributed by atoms with Gasteiger partial charge in [-0.3, -0.25) is 4.79 Å². The number of nitrogens with zero attached hydrogens (tertiary/aromatic N) is 2. The fourth-order valence-corrected chi connectivity index (χ4v) is 4.15. The molecule has 0 saturated carbocycles. The van der Waals surface area contributed by atoms with Crippen LogP contribution in [0.5, 0.6) is 0 Å². The van der Waals surface area contributed by atoms with E-state index in [4.69, 9.17) is 0 Å². The average Bonchev–Trinajstić information content (AvgIpc) is 2.96. The van der Waals surface area contributed by atoms with Gasteiger partial charge >= 0.3 is 5.97 Å². The molecule has 2 heterocycles. The van der Waals surface area contributed by atoms with Gasteiger partial charge < -0.3 is 14.9 Å². The smallest absolute Gasteiger partial charge is 0.326 e. The molecule has 0 radical (unpaired) electrons. The molecule has 24 heavy (non-hydrogen) atoms. The lowest BCUT2D eigenvalue weighted by Crippen LogP contribution is -2.43. The third-order valence-electron chi connectivity index (χ3n) is 5.67. The van der Waals surface area contributed by atoms with Gasteiger partial charge in [0, 0.05) is 20.0 Å². The predicted molar refractivity (Wildman–Crippen MR) is 91.7 cm³/mol.